The standard InChI is InChI=1S/C10H11F3N2O2/c11-6-4-7(14)8(15-2-1-3-16-15)5-9(6)17-10(12)13/h4-5,10H,1-3,14H2. The summed E-state index contributed by atoms with van der Waals surface area (Å²) in [5.41, 5.74) is 6.05. The molecule has 1 aliphatic rings. The molecule has 0 aromatic heterocycles. The Balaban J connectivity index is 2.31. The third-order valence-corrected chi connectivity index (χ3v) is 2.32. The van der Waals surface area contributed by atoms with Gasteiger partial charge in [0.15, 0.2) is 11.6 Å². The number of rotatable bonds is 3. The molecule has 17 heavy (non-hydrogen) atoms. The molecule has 94 valence electrons. The molecule has 1 saturated heterocycles. The topological polar surface area (TPSA) is 47.7 Å². The van der Waals surface area contributed by atoms with Gasteiger partial charge in [0.1, 0.15) is 0 Å². The highest BCUT2D eigenvalue weighted by atomic mass is 19.3. The molecule has 0 bridgehead atoms. The van der Waals surface area contributed by atoms with Crippen molar-refractivity contribution >= 4 is 11.4 Å². The van der Waals surface area contributed by atoms with Crippen molar-refractivity contribution in [3.05, 3.63) is 17.9 Å². The summed E-state index contributed by atoms with van der Waals surface area (Å²) >= 11 is 0. The lowest BCUT2D eigenvalue weighted by molar-refractivity contribution is -0.0521. The first-order valence-corrected chi connectivity index (χ1v) is 5.02. The van der Waals surface area contributed by atoms with Crippen molar-refractivity contribution in [2.75, 3.05) is 23.9 Å². The minimum Gasteiger partial charge on any atom is -0.432 e. The molecule has 0 spiro atoms. The first-order chi connectivity index (χ1) is 8.08. The minimum absolute atomic E-state index is 0.117. The Bertz CT molecular complexity index is 409. The van der Waals surface area contributed by atoms with Crippen molar-refractivity contribution in [1.82, 2.24) is 0 Å². The van der Waals surface area contributed by atoms with Crippen molar-refractivity contribution in [3.8, 4) is 5.75 Å². The zero-order valence-electron chi connectivity index (χ0n) is 8.83. The maximum absolute atomic E-state index is 13.3. The molecule has 2 rings (SSSR count). The van der Waals surface area contributed by atoms with Crippen LogP contribution in [0, 0.1) is 5.82 Å². The molecular weight excluding hydrogens is 237 g/mol. The van der Waals surface area contributed by atoms with E-state index in [9.17, 15) is 13.2 Å². The van der Waals surface area contributed by atoms with Gasteiger partial charge < -0.3 is 10.5 Å². The van der Waals surface area contributed by atoms with Gasteiger partial charge in [0.25, 0.3) is 0 Å². The number of nitrogen functional groups attached to an aromatic ring is 1. The van der Waals surface area contributed by atoms with Crippen molar-refractivity contribution in [1.29, 1.82) is 0 Å². The van der Waals surface area contributed by atoms with Gasteiger partial charge in [-0.2, -0.15) is 8.78 Å². The van der Waals surface area contributed by atoms with Gasteiger partial charge in [0, 0.05) is 18.7 Å². The van der Waals surface area contributed by atoms with E-state index in [1.165, 1.54) is 5.06 Å². The largest absolute Gasteiger partial charge is 0.432 e. The van der Waals surface area contributed by atoms with Crippen molar-refractivity contribution < 1.29 is 22.7 Å². The van der Waals surface area contributed by atoms with Crippen LogP contribution in [0.25, 0.3) is 0 Å². The van der Waals surface area contributed by atoms with Crippen molar-refractivity contribution in [3.63, 3.8) is 0 Å². The van der Waals surface area contributed by atoms with Gasteiger partial charge in [-0.15, -0.1) is 0 Å². The van der Waals surface area contributed by atoms with Crippen molar-refractivity contribution in [2.45, 2.75) is 13.0 Å². The molecule has 0 aliphatic carbocycles. The summed E-state index contributed by atoms with van der Waals surface area (Å²) in [6.07, 6.45) is 0.794. The van der Waals surface area contributed by atoms with Gasteiger partial charge in [-0.05, 0) is 6.42 Å². The highest BCUT2D eigenvalue weighted by molar-refractivity contribution is 5.69. The monoisotopic (exact) mass is 248 g/mol. The zero-order chi connectivity index (χ0) is 12.4. The lowest BCUT2D eigenvalue weighted by atomic mass is 10.2. The highest BCUT2D eigenvalue weighted by Crippen LogP contribution is 2.33. The molecule has 0 atom stereocenters. The third kappa shape index (κ3) is 2.55. The van der Waals surface area contributed by atoms with Gasteiger partial charge >= 0.3 is 6.61 Å². The number of benzene rings is 1. The van der Waals surface area contributed by atoms with Crippen LogP contribution in [0.3, 0.4) is 0 Å². The summed E-state index contributed by atoms with van der Waals surface area (Å²) < 4.78 is 41.4. The molecule has 0 saturated carbocycles. The van der Waals surface area contributed by atoms with E-state index >= 15 is 0 Å². The SMILES string of the molecule is Nc1cc(F)c(OC(F)F)cc1N1CCCO1. The van der Waals surface area contributed by atoms with Gasteiger partial charge in [-0.1, -0.05) is 0 Å². The summed E-state index contributed by atoms with van der Waals surface area (Å²) in [6, 6.07) is 2.05. The minimum atomic E-state index is -3.08. The average Bonchev–Trinajstić information content (AvgIpc) is 2.74. The van der Waals surface area contributed by atoms with E-state index < -0.39 is 18.2 Å². The van der Waals surface area contributed by atoms with Gasteiger partial charge in [-0.25, -0.2) is 4.39 Å². The smallest absolute Gasteiger partial charge is 0.387 e. The molecule has 1 aromatic rings. The molecule has 1 heterocycles. The maximum atomic E-state index is 13.3. The van der Waals surface area contributed by atoms with E-state index in [1.54, 1.807) is 0 Å². The van der Waals surface area contributed by atoms with Crippen molar-refractivity contribution in [2.24, 2.45) is 0 Å². The normalized spacial score (nSPS) is 15.6. The first-order valence-electron chi connectivity index (χ1n) is 5.02. The van der Waals surface area contributed by atoms with Crippen LogP contribution >= 0.6 is 0 Å². The molecule has 0 amide bonds. The predicted molar refractivity (Wildman–Crippen MR) is 55.4 cm³/mol. The Morgan fingerprint density at radius 3 is 2.76 bits per heavy atom. The average molecular weight is 248 g/mol. The van der Waals surface area contributed by atoms with Crippen LogP contribution in [0.15, 0.2) is 12.1 Å². The molecule has 2 N–H and O–H groups in total. The van der Waals surface area contributed by atoms with E-state index in [4.69, 9.17) is 10.6 Å². The fraction of sp³-hybridized carbons (Fsp3) is 0.400. The molecular formula is C10H11F3N2O2. The second-order valence-electron chi connectivity index (χ2n) is 3.51. The van der Waals surface area contributed by atoms with Gasteiger partial charge in [0.2, 0.25) is 0 Å². The summed E-state index contributed by atoms with van der Waals surface area (Å²) in [5.74, 6) is -1.47. The molecule has 7 heteroatoms. The first kappa shape index (κ1) is 11.8. The fourth-order valence-electron chi connectivity index (χ4n) is 1.60. The second kappa shape index (κ2) is 4.70. The zero-order valence-corrected chi connectivity index (χ0v) is 8.83. The van der Waals surface area contributed by atoms with Gasteiger partial charge in [-0.3, -0.25) is 9.90 Å². The number of nitrogens with zero attached hydrogens (tertiary/aromatic N) is 1. The number of nitrogens with two attached hydrogens (primary N) is 1. The van der Waals surface area contributed by atoms with Crippen LogP contribution in [0.2, 0.25) is 0 Å². The number of halogens is 3. The number of anilines is 2. The van der Waals surface area contributed by atoms with Crippen LogP contribution in [-0.2, 0) is 4.84 Å². The molecule has 1 fully saturated rings. The molecule has 0 unspecified atom stereocenters. The van der Waals surface area contributed by atoms with Crippen LogP contribution in [-0.4, -0.2) is 19.8 Å². The van der Waals surface area contributed by atoms with E-state index in [0.29, 0.717) is 18.8 Å². The number of hydroxylamine groups is 1. The van der Waals surface area contributed by atoms with Crippen LogP contribution < -0.4 is 15.5 Å². The molecule has 1 aliphatic heterocycles. The Labute approximate surface area is 95.7 Å². The third-order valence-electron chi connectivity index (χ3n) is 2.32. The molecule has 1 aromatic carbocycles. The summed E-state index contributed by atoms with van der Waals surface area (Å²) in [6.45, 7) is -1.99. The Kier molecular flexibility index (Phi) is 3.28. The number of alkyl halides is 2. The Morgan fingerprint density at radius 1 is 1.41 bits per heavy atom. The number of ether oxygens (including phenoxy) is 1. The van der Waals surface area contributed by atoms with E-state index in [-0.39, 0.29) is 5.69 Å². The lowest BCUT2D eigenvalue weighted by Gasteiger charge is -2.19. The van der Waals surface area contributed by atoms with Gasteiger partial charge in [0.05, 0.1) is 18.0 Å². The van der Waals surface area contributed by atoms with Crippen LogP contribution in [0.1, 0.15) is 6.42 Å². The quantitative estimate of drug-likeness (QED) is 0.832. The van der Waals surface area contributed by atoms with E-state index in [0.717, 1.165) is 18.6 Å². The summed E-state index contributed by atoms with van der Waals surface area (Å²) in [4.78, 5) is 5.21. The van der Waals surface area contributed by atoms with E-state index in [1.807, 2.05) is 0 Å². The molecule has 0 radical (unpaired) electrons. The second-order valence-corrected chi connectivity index (χ2v) is 3.51. The van der Waals surface area contributed by atoms with Crippen LogP contribution in [0.4, 0.5) is 24.5 Å². The number of hydrogen-bond acceptors (Lipinski definition) is 4. The highest BCUT2D eigenvalue weighted by Gasteiger charge is 2.20. The van der Waals surface area contributed by atoms with E-state index in [2.05, 4.69) is 4.74 Å². The summed E-state index contributed by atoms with van der Waals surface area (Å²) in [5, 5.41) is 1.44. The summed E-state index contributed by atoms with van der Waals surface area (Å²) in [7, 11) is 0. The predicted octanol–water partition coefficient (Wildman–Crippen LogP) is 2.15. The fourth-order valence-corrected chi connectivity index (χ4v) is 1.60. The number of hydrogen-bond donors (Lipinski definition) is 1. The Morgan fingerprint density at radius 2 is 2.18 bits per heavy atom. The molecule has 4 nitrogen and oxygen atoms in total. The van der Waals surface area contributed by atoms with Crippen LogP contribution in [0.5, 0.6) is 5.75 Å². The Hall–Kier alpha value is -1.63. The lowest BCUT2D eigenvalue weighted by Crippen LogP contribution is -2.18. The maximum Gasteiger partial charge on any atom is 0.387 e.